The molecule has 0 radical (unpaired) electrons. The van der Waals surface area contributed by atoms with E-state index in [1.807, 2.05) is 31.2 Å². The lowest BCUT2D eigenvalue weighted by Crippen LogP contribution is -2.40. The third kappa shape index (κ3) is 5.42. The fraction of sp³-hybridized carbons (Fsp3) is 0.500. The summed E-state index contributed by atoms with van der Waals surface area (Å²) in [6.07, 6.45) is 2.88. The largest absolute Gasteiger partial charge is 0.347 e. The van der Waals surface area contributed by atoms with E-state index in [2.05, 4.69) is 6.26 Å². The molecule has 0 saturated heterocycles. The van der Waals surface area contributed by atoms with Crippen molar-refractivity contribution in [2.45, 2.75) is 19.1 Å². The summed E-state index contributed by atoms with van der Waals surface area (Å²) in [5.74, 6) is 0.797. The Morgan fingerprint density at radius 3 is 2.24 bits per heavy atom. The van der Waals surface area contributed by atoms with Crippen molar-refractivity contribution < 1.29 is 9.59 Å². The van der Waals surface area contributed by atoms with Crippen LogP contribution in [0.15, 0.2) is 24.3 Å². The third-order valence-corrected chi connectivity index (χ3v) is 3.74. The van der Waals surface area contributed by atoms with Gasteiger partial charge in [0.25, 0.3) is 5.91 Å². The van der Waals surface area contributed by atoms with Crippen LogP contribution in [0.1, 0.15) is 29.3 Å². The zero-order chi connectivity index (χ0) is 15.8. The molecule has 0 heterocycles. The molecule has 1 aromatic carbocycles. The van der Waals surface area contributed by atoms with Gasteiger partial charge in [-0.1, -0.05) is 19.1 Å². The summed E-state index contributed by atoms with van der Waals surface area (Å²) in [5, 5.41) is 0. The first-order valence-corrected chi connectivity index (χ1v) is 8.46. The van der Waals surface area contributed by atoms with Crippen LogP contribution in [0.3, 0.4) is 0 Å². The van der Waals surface area contributed by atoms with Crippen LogP contribution in [0.25, 0.3) is 0 Å². The van der Waals surface area contributed by atoms with E-state index in [9.17, 15) is 9.59 Å². The van der Waals surface area contributed by atoms with Crippen molar-refractivity contribution in [3.8, 4) is 0 Å². The van der Waals surface area contributed by atoms with Crippen molar-refractivity contribution in [3.63, 3.8) is 0 Å². The zero-order valence-electron chi connectivity index (χ0n) is 13.3. The van der Waals surface area contributed by atoms with Crippen molar-refractivity contribution in [1.82, 2.24) is 9.80 Å². The highest BCUT2D eigenvalue weighted by molar-refractivity contribution is 7.97. The summed E-state index contributed by atoms with van der Waals surface area (Å²) in [7, 11) is 3.41. The molecule has 0 saturated carbocycles. The number of benzene rings is 1. The van der Waals surface area contributed by atoms with E-state index in [0.717, 1.165) is 12.2 Å². The maximum Gasteiger partial charge on any atom is 0.254 e. The summed E-state index contributed by atoms with van der Waals surface area (Å²) in [6, 6.07) is 7.64. The highest BCUT2D eigenvalue weighted by atomic mass is 32.2. The van der Waals surface area contributed by atoms with E-state index in [4.69, 9.17) is 0 Å². The first kappa shape index (κ1) is 17.6. The van der Waals surface area contributed by atoms with E-state index in [0.29, 0.717) is 12.1 Å². The Morgan fingerprint density at radius 2 is 1.76 bits per heavy atom. The number of carbonyl (C=O) groups is 2. The molecule has 0 fully saturated rings. The predicted octanol–water partition coefficient (Wildman–Crippen LogP) is 2.49. The molecule has 0 N–H and O–H groups in total. The maximum atomic E-state index is 12.5. The lowest BCUT2D eigenvalue weighted by molar-refractivity contribution is -0.129. The van der Waals surface area contributed by atoms with Crippen molar-refractivity contribution in [2.75, 3.05) is 33.4 Å². The lowest BCUT2D eigenvalue weighted by Gasteiger charge is -2.23. The molecule has 116 valence electrons. The Bertz CT molecular complexity index is 472. The summed E-state index contributed by atoms with van der Waals surface area (Å²) >= 11 is 1.75. The van der Waals surface area contributed by atoms with Crippen LogP contribution in [0.2, 0.25) is 0 Å². The number of hydrogen-bond donors (Lipinski definition) is 0. The smallest absolute Gasteiger partial charge is 0.254 e. The van der Waals surface area contributed by atoms with Gasteiger partial charge in [-0.05, 0) is 30.4 Å². The summed E-state index contributed by atoms with van der Waals surface area (Å²) in [5.41, 5.74) is 1.84. The number of thioether (sulfide) groups is 1. The van der Waals surface area contributed by atoms with Gasteiger partial charge < -0.3 is 9.80 Å². The van der Waals surface area contributed by atoms with Gasteiger partial charge in [0.05, 0.1) is 0 Å². The van der Waals surface area contributed by atoms with E-state index in [1.54, 1.807) is 30.8 Å². The average molecular weight is 308 g/mol. The minimum Gasteiger partial charge on any atom is -0.347 e. The van der Waals surface area contributed by atoms with E-state index >= 15 is 0 Å². The second kappa shape index (κ2) is 8.72. The summed E-state index contributed by atoms with van der Waals surface area (Å²) in [6.45, 7) is 2.72. The van der Waals surface area contributed by atoms with Crippen LogP contribution in [-0.2, 0) is 10.5 Å². The number of amides is 2. The first-order chi connectivity index (χ1) is 9.99. The molecular formula is C16H24N2O2S. The minimum absolute atomic E-state index is 0.0594. The average Bonchev–Trinajstić information content (AvgIpc) is 2.47. The van der Waals surface area contributed by atoms with Gasteiger partial charge >= 0.3 is 0 Å². The fourth-order valence-corrected chi connectivity index (χ4v) is 2.45. The summed E-state index contributed by atoms with van der Waals surface area (Å²) < 4.78 is 0. The number of nitrogens with zero attached hydrogens (tertiary/aromatic N) is 2. The molecular weight excluding hydrogens is 284 g/mol. The molecule has 0 aliphatic heterocycles. The third-order valence-electron chi connectivity index (χ3n) is 3.12. The molecule has 1 aromatic rings. The number of carbonyl (C=O) groups excluding carboxylic acids is 2. The van der Waals surface area contributed by atoms with Gasteiger partial charge in [0.15, 0.2) is 0 Å². The van der Waals surface area contributed by atoms with Crippen molar-refractivity contribution in [2.24, 2.45) is 0 Å². The molecule has 0 aliphatic rings. The highest BCUT2D eigenvalue weighted by Gasteiger charge is 2.18. The van der Waals surface area contributed by atoms with Crippen LogP contribution < -0.4 is 0 Å². The molecule has 0 aliphatic carbocycles. The Kier molecular flexibility index (Phi) is 7.29. The summed E-state index contributed by atoms with van der Waals surface area (Å²) in [4.78, 5) is 27.5. The molecule has 1 rings (SSSR count). The van der Waals surface area contributed by atoms with E-state index in [1.165, 1.54) is 10.5 Å². The molecule has 21 heavy (non-hydrogen) atoms. The van der Waals surface area contributed by atoms with Gasteiger partial charge in [0.2, 0.25) is 5.91 Å². The molecule has 4 nitrogen and oxygen atoms in total. The maximum absolute atomic E-state index is 12.5. The quantitative estimate of drug-likeness (QED) is 0.777. The van der Waals surface area contributed by atoms with Crippen LogP contribution in [0, 0.1) is 0 Å². The van der Waals surface area contributed by atoms with Crippen LogP contribution in [0.4, 0.5) is 0 Å². The first-order valence-electron chi connectivity index (χ1n) is 7.06. The molecule has 0 atom stereocenters. The Hall–Kier alpha value is -1.49. The Labute approximate surface area is 131 Å². The van der Waals surface area contributed by atoms with Crippen LogP contribution in [0.5, 0.6) is 0 Å². The molecule has 0 bridgehead atoms. The molecule has 0 spiro atoms. The Balaban J connectivity index is 2.82. The van der Waals surface area contributed by atoms with E-state index in [-0.39, 0.29) is 18.4 Å². The van der Waals surface area contributed by atoms with Gasteiger partial charge in [-0.15, -0.1) is 0 Å². The monoisotopic (exact) mass is 308 g/mol. The number of likely N-dealkylation sites (N-methyl/N-ethyl adjacent to an activating group) is 1. The second-order valence-electron chi connectivity index (χ2n) is 5.14. The highest BCUT2D eigenvalue weighted by Crippen LogP contribution is 2.12. The fourth-order valence-electron chi connectivity index (χ4n) is 1.92. The van der Waals surface area contributed by atoms with Crippen LogP contribution in [-0.4, -0.2) is 55.1 Å². The lowest BCUT2D eigenvalue weighted by atomic mass is 10.1. The SMILES string of the molecule is CCCN(CC(=O)N(C)C)C(=O)c1ccc(CSC)cc1. The second-order valence-corrected chi connectivity index (χ2v) is 6.01. The predicted molar refractivity (Wildman–Crippen MR) is 88.5 cm³/mol. The van der Waals surface area contributed by atoms with Gasteiger partial charge in [-0.2, -0.15) is 11.8 Å². The van der Waals surface area contributed by atoms with Crippen molar-refractivity contribution in [1.29, 1.82) is 0 Å². The molecule has 0 aromatic heterocycles. The molecule has 5 heteroatoms. The number of hydrogen-bond acceptors (Lipinski definition) is 3. The van der Waals surface area contributed by atoms with Gasteiger partial charge in [0, 0.05) is 32.0 Å². The minimum atomic E-state index is -0.0808. The Morgan fingerprint density at radius 1 is 1.14 bits per heavy atom. The van der Waals surface area contributed by atoms with Crippen LogP contribution >= 0.6 is 11.8 Å². The van der Waals surface area contributed by atoms with Gasteiger partial charge in [-0.25, -0.2) is 0 Å². The van der Waals surface area contributed by atoms with E-state index < -0.39 is 0 Å². The zero-order valence-corrected chi connectivity index (χ0v) is 14.1. The normalized spacial score (nSPS) is 10.3. The number of rotatable bonds is 7. The molecule has 0 unspecified atom stereocenters. The van der Waals surface area contributed by atoms with Crippen molar-refractivity contribution in [3.05, 3.63) is 35.4 Å². The van der Waals surface area contributed by atoms with Gasteiger partial charge in [-0.3, -0.25) is 9.59 Å². The van der Waals surface area contributed by atoms with Gasteiger partial charge in [0.1, 0.15) is 6.54 Å². The molecule has 2 amide bonds. The topological polar surface area (TPSA) is 40.6 Å². The van der Waals surface area contributed by atoms with Crippen molar-refractivity contribution >= 4 is 23.6 Å². The standard InChI is InChI=1S/C16H24N2O2S/c1-5-10-18(11-15(19)17(2)3)16(20)14-8-6-13(7-9-14)12-21-4/h6-9H,5,10-12H2,1-4H3.